The summed E-state index contributed by atoms with van der Waals surface area (Å²) in [5.74, 6) is 1.76. The topological polar surface area (TPSA) is 9.23 Å². The van der Waals surface area contributed by atoms with Crippen molar-refractivity contribution in [2.45, 2.75) is 76.7 Å². The molecule has 3 unspecified atom stereocenters. The van der Waals surface area contributed by atoms with Crippen LogP contribution in [0.1, 0.15) is 79.5 Å². The zero-order chi connectivity index (χ0) is 20.1. The lowest BCUT2D eigenvalue weighted by molar-refractivity contribution is 0.398. The van der Waals surface area contributed by atoms with E-state index in [0.29, 0.717) is 11.2 Å². The van der Waals surface area contributed by atoms with Gasteiger partial charge >= 0.3 is 0 Å². The van der Waals surface area contributed by atoms with Gasteiger partial charge in [-0.2, -0.15) is 11.8 Å². The zero-order valence-corrected chi connectivity index (χ0v) is 19.1. The number of methoxy groups -OCH3 is 1. The lowest BCUT2D eigenvalue weighted by atomic mass is 9.90. The molecule has 0 N–H and O–H groups in total. The van der Waals surface area contributed by atoms with E-state index in [1.165, 1.54) is 59.9 Å². The summed E-state index contributed by atoms with van der Waals surface area (Å²) in [4.78, 5) is 0. The fourth-order valence-electron chi connectivity index (χ4n) is 4.24. The molecule has 1 aliphatic rings. The molecule has 2 heteroatoms. The third-order valence-corrected chi connectivity index (χ3v) is 7.87. The van der Waals surface area contributed by atoms with Crippen LogP contribution < -0.4 is 4.74 Å². The number of benzene rings is 2. The van der Waals surface area contributed by atoms with Gasteiger partial charge in [-0.1, -0.05) is 57.5 Å². The van der Waals surface area contributed by atoms with Gasteiger partial charge in [0.05, 0.1) is 7.11 Å². The van der Waals surface area contributed by atoms with Gasteiger partial charge in [0.25, 0.3) is 0 Å². The highest BCUT2D eigenvalue weighted by Gasteiger charge is 2.30. The Balaban J connectivity index is 1.85. The summed E-state index contributed by atoms with van der Waals surface area (Å²) in [6.45, 7) is 9.24. The van der Waals surface area contributed by atoms with Crippen LogP contribution >= 0.6 is 11.8 Å². The molecule has 1 heterocycles. The molecule has 152 valence electrons. The van der Waals surface area contributed by atoms with Crippen LogP contribution in [0.2, 0.25) is 0 Å². The molecule has 0 amide bonds. The third kappa shape index (κ3) is 5.14. The molecule has 0 aliphatic carbocycles. The molecule has 0 bridgehead atoms. The van der Waals surface area contributed by atoms with E-state index >= 15 is 0 Å². The minimum Gasteiger partial charge on any atom is -0.496 e. The fraction of sp³-hybridized carbons (Fsp3) is 0.538. The Hall–Kier alpha value is -1.41. The number of ether oxygens (including phenoxy) is 1. The molecule has 1 aliphatic heterocycles. The molecular formula is C26H36OS. The van der Waals surface area contributed by atoms with Crippen molar-refractivity contribution in [3.05, 3.63) is 64.2 Å². The van der Waals surface area contributed by atoms with E-state index in [2.05, 4.69) is 75.9 Å². The fourth-order valence-corrected chi connectivity index (χ4v) is 5.75. The molecule has 1 nitrogen and oxygen atoms in total. The zero-order valence-electron chi connectivity index (χ0n) is 18.3. The Labute approximate surface area is 176 Å². The van der Waals surface area contributed by atoms with Gasteiger partial charge in [0.2, 0.25) is 0 Å². The maximum atomic E-state index is 5.81. The van der Waals surface area contributed by atoms with Crippen molar-refractivity contribution in [3.8, 4) is 5.75 Å². The van der Waals surface area contributed by atoms with Crippen LogP contribution in [0.3, 0.4) is 0 Å². The van der Waals surface area contributed by atoms with E-state index < -0.39 is 0 Å². The lowest BCUT2D eigenvalue weighted by Gasteiger charge is -2.33. The maximum absolute atomic E-state index is 5.81. The van der Waals surface area contributed by atoms with Crippen LogP contribution in [0.15, 0.2) is 36.4 Å². The molecule has 0 radical (unpaired) electrons. The molecule has 28 heavy (non-hydrogen) atoms. The van der Waals surface area contributed by atoms with Gasteiger partial charge in [0.1, 0.15) is 5.75 Å². The smallest absolute Gasteiger partial charge is 0.123 e. The molecule has 0 spiro atoms. The highest BCUT2D eigenvalue weighted by Crippen LogP contribution is 2.49. The molecule has 3 rings (SSSR count). The maximum Gasteiger partial charge on any atom is 0.123 e. The monoisotopic (exact) mass is 396 g/mol. The van der Waals surface area contributed by atoms with Crippen LogP contribution in [0.5, 0.6) is 5.75 Å². The summed E-state index contributed by atoms with van der Waals surface area (Å²) in [6, 6.07) is 13.9. The second-order valence-electron chi connectivity index (χ2n) is 8.54. The minimum absolute atomic E-state index is 0.537. The largest absolute Gasteiger partial charge is 0.496 e. The second kappa shape index (κ2) is 9.87. The number of hydrogen-bond acceptors (Lipinski definition) is 2. The number of rotatable bonds is 7. The van der Waals surface area contributed by atoms with Crippen molar-refractivity contribution in [1.29, 1.82) is 0 Å². The Morgan fingerprint density at radius 3 is 2.43 bits per heavy atom. The number of unbranched alkanes of at least 4 members (excludes halogenated alkanes) is 1. The lowest BCUT2D eigenvalue weighted by Crippen LogP contribution is -2.18. The standard InChI is InChI=1S/C26H36OS/c1-6-7-8-21-11-13-22(14-12-21)16-23-17-24(25(27-5)15-19(23)3)26-18(2)9-10-20(4)28-26/h11-15,17-18,20,26H,6-10,16H2,1-5H3. The average Bonchev–Trinajstić information content (AvgIpc) is 2.70. The quantitative estimate of drug-likeness (QED) is 0.478. The summed E-state index contributed by atoms with van der Waals surface area (Å²) in [5.41, 5.74) is 7.02. The molecular weight excluding hydrogens is 360 g/mol. The SMILES string of the molecule is CCCCc1ccc(Cc2cc(C3SC(C)CCC3C)c(OC)cc2C)cc1. The van der Waals surface area contributed by atoms with Crippen LogP contribution in [0.25, 0.3) is 0 Å². The van der Waals surface area contributed by atoms with E-state index in [1.54, 1.807) is 0 Å². The van der Waals surface area contributed by atoms with E-state index in [0.717, 1.165) is 17.4 Å². The summed E-state index contributed by atoms with van der Waals surface area (Å²) in [6.07, 6.45) is 7.36. The average molecular weight is 397 g/mol. The van der Waals surface area contributed by atoms with Crippen LogP contribution in [0.4, 0.5) is 0 Å². The van der Waals surface area contributed by atoms with Gasteiger partial charge in [0.15, 0.2) is 0 Å². The molecule has 2 aromatic rings. The van der Waals surface area contributed by atoms with E-state index in [4.69, 9.17) is 4.74 Å². The first kappa shape index (κ1) is 21.3. The summed E-state index contributed by atoms with van der Waals surface area (Å²) < 4.78 is 5.81. The molecule has 0 aromatic heterocycles. The Morgan fingerprint density at radius 2 is 1.75 bits per heavy atom. The normalized spacial score (nSPS) is 22.2. The molecule has 0 saturated carbocycles. The third-order valence-electron chi connectivity index (χ3n) is 6.16. The predicted octanol–water partition coefficient (Wildman–Crippen LogP) is 7.53. The number of thioether (sulfide) groups is 1. The van der Waals surface area contributed by atoms with E-state index in [9.17, 15) is 0 Å². The van der Waals surface area contributed by atoms with Gasteiger partial charge in [-0.3, -0.25) is 0 Å². The van der Waals surface area contributed by atoms with E-state index in [-0.39, 0.29) is 0 Å². The molecule has 1 saturated heterocycles. The van der Waals surface area contributed by atoms with Crippen LogP contribution in [-0.2, 0) is 12.8 Å². The molecule has 3 atom stereocenters. The van der Waals surface area contributed by atoms with Crippen molar-refractivity contribution in [2.75, 3.05) is 7.11 Å². The molecule has 2 aromatic carbocycles. The van der Waals surface area contributed by atoms with Gasteiger partial charge < -0.3 is 4.74 Å². The predicted molar refractivity (Wildman–Crippen MR) is 124 cm³/mol. The summed E-state index contributed by atoms with van der Waals surface area (Å²) in [7, 11) is 1.81. The first-order valence-corrected chi connectivity index (χ1v) is 11.9. The van der Waals surface area contributed by atoms with Gasteiger partial charge in [-0.15, -0.1) is 0 Å². The Bertz CT molecular complexity index is 765. The number of aryl methyl sites for hydroxylation is 2. The van der Waals surface area contributed by atoms with Crippen molar-refractivity contribution in [1.82, 2.24) is 0 Å². The first-order valence-electron chi connectivity index (χ1n) is 10.9. The van der Waals surface area contributed by atoms with Gasteiger partial charge in [-0.05, 0) is 73.3 Å². The Kier molecular flexibility index (Phi) is 7.51. The first-order chi connectivity index (χ1) is 13.5. The highest BCUT2D eigenvalue weighted by molar-refractivity contribution is 8.00. The highest BCUT2D eigenvalue weighted by atomic mass is 32.2. The van der Waals surface area contributed by atoms with Gasteiger partial charge in [0, 0.05) is 16.1 Å². The van der Waals surface area contributed by atoms with Crippen molar-refractivity contribution >= 4 is 11.8 Å². The Morgan fingerprint density at radius 1 is 1.04 bits per heavy atom. The van der Waals surface area contributed by atoms with E-state index in [1.807, 2.05) is 7.11 Å². The minimum atomic E-state index is 0.537. The summed E-state index contributed by atoms with van der Waals surface area (Å²) >= 11 is 2.13. The number of hydrogen-bond donors (Lipinski definition) is 0. The van der Waals surface area contributed by atoms with Crippen molar-refractivity contribution < 1.29 is 4.74 Å². The van der Waals surface area contributed by atoms with Crippen molar-refractivity contribution in [2.24, 2.45) is 5.92 Å². The van der Waals surface area contributed by atoms with Crippen LogP contribution in [-0.4, -0.2) is 12.4 Å². The summed E-state index contributed by atoms with van der Waals surface area (Å²) in [5, 5.41) is 1.26. The second-order valence-corrected chi connectivity index (χ2v) is 10.1. The van der Waals surface area contributed by atoms with Crippen LogP contribution in [0, 0.1) is 12.8 Å². The molecule has 1 fully saturated rings. The van der Waals surface area contributed by atoms with Gasteiger partial charge in [-0.25, -0.2) is 0 Å². The van der Waals surface area contributed by atoms with Crippen molar-refractivity contribution in [3.63, 3.8) is 0 Å².